The highest BCUT2D eigenvalue weighted by molar-refractivity contribution is 6.01. The highest BCUT2D eigenvalue weighted by Crippen LogP contribution is 2.40. The number of nitrogens with zero attached hydrogens (tertiary/aromatic N) is 4. The molecule has 1 fully saturated rings. The number of nitrogens with one attached hydrogen (secondary N) is 2. The predicted molar refractivity (Wildman–Crippen MR) is 153 cm³/mol. The van der Waals surface area contributed by atoms with Crippen molar-refractivity contribution < 1.29 is 32.2 Å². The smallest absolute Gasteiger partial charge is 0.423 e. The van der Waals surface area contributed by atoms with E-state index in [1.165, 1.54) is 18.1 Å². The van der Waals surface area contributed by atoms with Gasteiger partial charge in [0.25, 0.3) is 11.8 Å². The molecule has 3 aromatic rings. The number of alkyl halides is 3. The molecule has 2 aliphatic rings. The third-order valence-corrected chi connectivity index (χ3v) is 7.66. The van der Waals surface area contributed by atoms with Gasteiger partial charge in [-0.25, -0.2) is 4.98 Å². The van der Waals surface area contributed by atoms with E-state index in [0.717, 1.165) is 25.9 Å². The number of amides is 2. The first kappa shape index (κ1) is 30.1. The number of carbonyl (C=O) groups excluding carboxylic acids is 2. The second-order valence-corrected chi connectivity index (χ2v) is 10.9. The molecule has 3 heterocycles. The first-order chi connectivity index (χ1) is 20.4. The number of aryl methyl sites for hydroxylation is 1. The van der Waals surface area contributed by atoms with Crippen LogP contribution < -0.4 is 20.1 Å². The molecule has 5 rings (SSSR count). The van der Waals surface area contributed by atoms with Gasteiger partial charge in [0, 0.05) is 38.4 Å². The summed E-state index contributed by atoms with van der Waals surface area (Å²) in [5.41, 5.74) is 1.00. The highest BCUT2D eigenvalue weighted by Gasteiger charge is 2.37. The summed E-state index contributed by atoms with van der Waals surface area (Å²) in [4.78, 5) is 37.2. The summed E-state index contributed by atoms with van der Waals surface area (Å²) in [5.74, 6) is -0.958. The van der Waals surface area contributed by atoms with Crippen LogP contribution in [0.1, 0.15) is 50.2 Å². The van der Waals surface area contributed by atoms with E-state index in [1.54, 1.807) is 38.2 Å². The largest absolute Gasteiger partial charge is 0.495 e. The van der Waals surface area contributed by atoms with Gasteiger partial charge >= 0.3 is 6.18 Å². The maximum atomic E-state index is 13.9. The van der Waals surface area contributed by atoms with Crippen LogP contribution in [0.3, 0.4) is 0 Å². The van der Waals surface area contributed by atoms with E-state index in [-0.39, 0.29) is 34.8 Å². The Morgan fingerprint density at radius 2 is 1.98 bits per heavy atom. The molecular weight excluding hydrogens is 565 g/mol. The second-order valence-electron chi connectivity index (χ2n) is 10.9. The fourth-order valence-electron chi connectivity index (χ4n) is 5.45. The normalized spacial score (nSPS) is 17.0. The van der Waals surface area contributed by atoms with Crippen molar-refractivity contribution in [3.05, 3.63) is 64.3 Å². The first-order valence-corrected chi connectivity index (χ1v) is 13.9. The predicted octanol–water partition coefficient (Wildman–Crippen LogP) is 5.01. The van der Waals surface area contributed by atoms with Gasteiger partial charge in [-0.05, 0) is 68.6 Å². The number of piperidine rings is 1. The Morgan fingerprint density at radius 3 is 2.70 bits per heavy atom. The van der Waals surface area contributed by atoms with Crippen molar-refractivity contribution in [1.29, 1.82) is 0 Å². The Labute approximate surface area is 247 Å². The zero-order valence-corrected chi connectivity index (χ0v) is 24.3. The van der Waals surface area contributed by atoms with Crippen molar-refractivity contribution in [3.63, 3.8) is 0 Å². The van der Waals surface area contributed by atoms with Crippen molar-refractivity contribution in [2.45, 2.75) is 32.5 Å². The number of halogens is 3. The van der Waals surface area contributed by atoms with E-state index < -0.39 is 17.6 Å². The number of hydrogen-bond acceptors (Lipinski definition) is 8. The third kappa shape index (κ3) is 6.51. The van der Waals surface area contributed by atoms with Crippen LogP contribution in [0.4, 0.5) is 24.8 Å². The summed E-state index contributed by atoms with van der Waals surface area (Å²) < 4.78 is 52.8. The van der Waals surface area contributed by atoms with Crippen molar-refractivity contribution in [1.82, 2.24) is 25.1 Å². The number of methoxy groups -OCH3 is 1. The topological polar surface area (TPSA) is 109 Å². The Balaban J connectivity index is 1.39. The van der Waals surface area contributed by atoms with Gasteiger partial charge in [0.1, 0.15) is 17.1 Å². The maximum absolute atomic E-state index is 13.9. The van der Waals surface area contributed by atoms with Crippen molar-refractivity contribution in [3.8, 4) is 17.4 Å². The van der Waals surface area contributed by atoms with Crippen LogP contribution in [0.2, 0.25) is 0 Å². The molecule has 2 aliphatic heterocycles. The molecule has 43 heavy (non-hydrogen) atoms. The van der Waals surface area contributed by atoms with Gasteiger partial charge < -0.3 is 29.9 Å². The second kappa shape index (κ2) is 12.1. The van der Waals surface area contributed by atoms with Crippen LogP contribution in [-0.4, -0.2) is 72.4 Å². The molecule has 0 radical (unpaired) electrons. The summed E-state index contributed by atoms with van der Waals surface area (Å²) in [7, 11) is 5.08. The monoisotopic (exact) mass is 598 g/mol. The van der Waals surface area contributed by atoms with Crippen molar-refractivity contribution in [2.75, 3.05) is 46.2 Å². The average molecular weight is 599 g/mol. The molecule has 1 atom stereocenters. The lowest BCUT2D eigenvalue weighted by Crippen LogP contribution is -2.39. The van der Waals surface area contributed by atoms with Gasteiger partial charge in [-0.2, -0.15) is 18.2 Å². The minimum absolute atomic E-state index is 0.0364. The van der Waals surface area contributed by atoms with E-state index in [1.807, 2.05) is 0 Å². The molecule has 0 aliphatic carbocycles. The van der Waals surface area contributed by atoms with Gasteiger partial charge in [-0.1, -0.05) is 12.1 Å². The van der Waals surface area contributed by atoms with E-state index >= 15 is 0 Å². The number of hydrogen-bond donors (Lipinski definition) is 2. The van der Waals surface area contributed by atoms with Gasteiger partial charge in [-0.15, -0.1) is 0 Å². The number of ether oxygens (including phenoxy) is 2. The molecule has 0 saturated carbocycles. The molecule has 10 nitrogen and oxygen atoms in total. The lowest BCUT2D eigenvalue weighted by atomic mass is 9.98. The van der Waals surface area contributed by atoms with Gasteiger partial charge in [0.05, 0.1) is 18.4 Å². The number of fused-ring (bicyclic) bond motifs is 1. The van der Waals surface area contributed by atoms with Crippen LogP contribution >= 0.6 is 0 Å². The Kier molecular flexibility index (Phi) is 8.45. The number of anilines is 2. The minimum Gasteiger partial charge on any atom is -0.495 e. The molecule has 1 unspecified atom stereocenters. The summed E-state index contributed by atoms with van der Waals surface area (Å²) in [6.45, 7) is 4.60. The summed E-state index contributed by atoms with van der Waals surface area (Å²) in [6, 6.07) is 7.95. The molecule has 0 spiro atoms. The van der Waals surface area contributed by atoms with Crippen molar-refractivity contribution in [2.24, 2.45) is 5.92 Å². The summed E-state index contributed by atoms with van der Waals surface area (Å²) in [5, 5.41) is 5.89. The van der Waals surface area contributed by atoms with Gasteiger partial charge in [0.15, 0.2) is 0 Å². The average Bonchev–Trinajstić information content (AvgIpc) is 3.25. The number of aromatic nitrogens is 2. The van der Waals surface area contributed by atoms with E-state index in [4.69, 9.17) is 9.47 Å². The summed E-state index contributed by atoms with van der Waals surface area (Å²) in [6.07, 6.45) is -2.06. The molecule has 228 valence electrons. The lowest BCUT2D eigenvalue weighted by Gasteiger charge is -2.29. The molecule has 0 bridgehead atoms. The van der Waals surface area contributed by atoms with E-state index in [2.05, 4.69) is 32.5 Å². The standard InChI is InChI=1S/C30H33F3N6O4/c1-17-11-22(24(42-4)12-20(17)26(40)34-13-18-7-6-10-38(2)15-18)36-29-35-14-21(30(31,32)33)27(37-29)43-23-9-5-8-19-16-39(3)28(41)25(19)23/h5,8-9,11-12,14,18H,6-7,10,13,15-16H2,1-4H3,(H,34,40)(H,35,36,37). The molecule has 2 N–H and O–H groups in total. The molecule has 13 heteroatoms. The first-order valence-electron chi connectivity index (χ1n) is 13.9. The molecule has 1 saturated heterocycles. The minimum atomic E-state index is -4.82. The quantitative estimate of drug-likeness (QED) is 0.373. The fourth-order valence-corrected chi connectivity index (χ4v) is 5.45. The van der Waals surface area contributed by atoms with E-state index in [9.17, 15) is 22.8 Å². The highest BCUT2D eigenvalue weighted by atomic mass is 19.4. The van der Waals surface area contributed by atoms with Crippen LogP contribution in [0, 0.1) is 12.8 Å². The Morgan fingerprint density at radius 1 is 1.19 bits per heavy atom. The Hall–Kier alpha value is -4.39. The molecular formula is C30H33F3N6O4. The van der Waals surface area contributed by atoms with Crippen LogP contribution in [-0.2, 0) is 12.7 Å². The molecule has 1 aromatic heterocycles. The lowest BCUT2D eigenvalue weighted by molar-refractivity contribution is -0.139. The Bertz CT molecular complexity index is 1550. The van der Waals surface area contributed by atoms with Gasteiger partial charge in [0.2, 0.25) is 11.8 Å². The van der Waals surface area contributed by atoms with E-state index in [0.29, 0.717) is 47.6 Å². The van der Waals surface area contributed by atoms with Crippen LogP contribution in [0.5, 0.6) is 17.4 Å². The molecule has 2 amide bonds. The summed E-state index contributed by atoms with van der Waals surface area (Å²) >= 11 is 0. The van der Waals surface area contributed by atoms with Crippen LogP contribution in [0.25, 0.3) is 0 Å². The number of rotatable bonds is 8. The molecule has 2 aromatic carbocycles. The third-order valence-electron chi connectivity index (χ3n) is 7.66. The van der Waals surface area contributed by atoms with Crippen molar-refractivity contribution >= 4 is 23.5 Å². The SMILES string of the molecule is COc1cc(C(=O)NCC2CCCN(C)C2)c(C)cc1Nc1ncc(C(F)(F)F)c(Oc2cccc3c2C(=O)N(C)C3)n1. The van der Waals surface area contributed by atoms with Gasteiger partial charge in [-0.3, -0.25) is 9.59 Å². The zero-order chi connectivity index (χ0) is 30.9. The number of carbonyl (C=O) groups is 2. The number of benzene rings is 2. The maximum Gasteiger partial charge on any atom is 0.423 e. The fraction of sp³-hybridized carbons (Fsp3) is 0.400. The number of likely N-dealkylation sites (tertiary alicyclic amines) is 1. The zero-order valence-electron chi connectivity index (χ0n) is 24.3. The van der Waals surface area contributed by atoms with Crippen LogP contribution in [0.15, 0.2) is 36.5 Å².